The van der Waals surface area contributed by atoms with E-state index >= 15 is 0 Å². The summed E-state index contributed by atoms with van der Waals surface area (Å²) >= 11 is 0. The van der Waals surface area contributed by atoms with E-state index in [0.717, 1.165) is 32.1 Å². The van der Waals surface area contributed by atoms with E-state index in [2.05, 4.69) is 20.8 Å². The summed E-state index contributed by atoms with van der Waals surface area (Å²) in [6.07, 6.45) is 41.2. The molecule has 0 saturated heterocycles. The van der Waals surface area contributed by atoms with E-state index in [4.69, 9.17) is 14.2 Å². The zero-order valence-electron chi connectivity index (χ0n) is 32.8. The molecule has 0 saturated carbocycles. The molecule has 0 aliphatic rings. The lowest BCUT2D eigenvalue weighted by atomic mass is 10.0. The number of unbranched alkanes of at least 4 members (excludes halogenated alkanes) is 29. The quantitative estimate of drug-likeness (QED) is 0.0476. The van der Waals surface area contributed by atoms with E-state index in [-0.39, 0.29) is 18.5 Å². The van der Waals surface area contributed by atoms with Crippen molar-refractivity contribution in [3.05, 3.63) is 0 Å². The van der Waals surface area contributed by atoms with Crippen LogP contribution in [0.25, 0.3) is 0 Å². The predicted molar refractivity (Wildman–Crippen MR) is 206 cm³/mol. The van der Waals surface area contributed by atoms with E-state index in [0.29, 0.717) is 26.1 Å². The first-order valence-corrected chi connectivity index (χ1v) is 21.6. The molecule has 0 fully saturated rings. The molecule has 0 aromatic heterocycles. The maximum atomic E-state index is 12.5. The third-order valence-corrected chi connectivity index (χ3v) is 9.64. The van der Waals surface area contributed by atoms with Gasteiger partial charge in [0.05, 0.1) is 6.61 Å². The van der Waals surface area contributed by atoms with Crippen LogP contribution in [-0.2, 0) is 23.8 Å². The zero-order chi connectivity index (χ0) is 35.0. The van der Waals surface area contributed by atoms with Crippen LogP contribution in [-0.4, -0.2) is 37.9 Å². The number of carbonyl (C=O) groups is 2. The molecule has 286 valence electrons. The van der Waals surface area contributed by atoms with Gasteiger partial charge in [0.15, 0.2) is 6.10 Å². The molecular weight excluding hydrogens is 596 g/mol. The molecule has 0 aliphatic heterocycles. The number of esters is 2. The molecule has 0 heterocycles. The lowest BCUT2D eigenvalue weighted by molar-refractivity contribution is -0.163. The van der Waals surface area contributed by atoms with Crippen molar-refractivity contribution in [2.24, 2.45) is 0 Å². The van der Waals surface area contributed by atoms with E-state index in [1.807, 2.05) is 0 Å². The van der Waals surface area contributed by atoms with Crippen LogP contribution in [0.2, 0.25) is 0 Å². The third kappa shape index (κ3) is 37.7. The smallest absolute Gasteiger partial charge is 0.306 e. The zero-order valence-corrected chi connectivity index (χ0v) is 32.8. The van der Waals surface area contributed by atoms with E-state index in [1.165, 1.54) is 173 Å². The second kappa shape index (κ2) is 40.3. The fourth-order valence-corrected chi connectivity index (χ4v) is 6.39. The Hall–Kier alpha value is -1.10. The molecule has 0 aromatic rings. The van der Waals surface area contributed by atoms with Gasteiger partial charge in [-0.1, -0.05) is 207 Å². The summed E-state index contributed by atoms with van der Waals surface area (Å²) in [7, 11) is 0. The molecule has 0 N–H and O–H groups in total. The van der Waals surface area contributed by atoms with Crippen LogP contribution in [0, 0.1) is 0 Å². The first-order valence-electron chi connectivity index (χ1n) is 21.6. The Bertz CT molecular complexity index is 651. The lowest BCUT2D eigenvalue weighted by Crippen LogP contribution is -2.30. The molecule has 1 atom stereocenters. The Morgan fingerprint density at radius 2 is 0.688 bits per heavy atom. The maximum absolute atomic E-state index is 12.5. The van der Waals surface area contributed by atoms with Crippen molar-refractivity contribution in [2.45, 2.75) is 245 Å². The summed E-state index contributed by atoms with van der Waals surface area (Å²) in [6, 6.07) is 0. The van der Waals surface area contributed by atoms with Crippen LogP contribution in [0.1, 0.15) is 239 Å². The number of ether oxygens (including phenoxy) is 3. The van der Waals surface area contributed by atoms with E-state index < -0.39 is 6.10 Å². The average Bonchev–Trinajstić information content (AvgIpc) is 3.08. The second-order valence-corrected chi connectivity index (χ2v) is 14.6. The van der Waals surface area contributed by atoms with Gasteiger partial charge in [-0.3, -0.25) is 9.59 Å². The van der Waals surface area contributed by atoms with Crippen molar-refractivity contribution in [1.29, 1.82) is 0 Å². The molecular formula is C43H84O5. The van der Waals surface area contributed by atoms with Crippen molar-refractivity contribution in [1.82, 2.24) is 0 Å². The van der Waals surface area contributed by atoms with Crippen LogP contribution in [0.4, 0.5) is 0 Å². The highest BCUT2D eigenvalue weighted by atomic mass is 16.6. The molecule has 5 nitrogen and oxygen atoms in total. The van der Waals surface area contributed by atoms with Crippen LogP contribution in [0.5, 0.6) is 0 Å². The molecule has 0 spiro atoms. The van der Waals surface area contributed by atoms with Crippen LogP contribution in [0.3, 0.4) is 0 Å². The van der Waals surface area contributed by atoms with Crippen molar-refractivity contribution in [3.63, 3.8) is 0 Å². The van der Waals surface area contributed by atoms with Gasteiger partial charge in [-0.05, 0) is 19.3 Å². The van der Waals surface area contributed by atoms with Gasteiger partial charge in [-0.15, -0.1) is 0 Å². The minimum atomic E-state index is -0.518. The second-order valence-electron chi connectivity index (χ2n) is 14.6. The SMILES string of the molecule is CCCCCCCCCCCCCCCCCCCCOCC(COC(=O)CCCCCCCCC)OC(=O)CCCCCCCCC. The summed E-state index contributed by atoms with van der Waals surface area (Å²) in [6.45, 7) is 7.80. The van der Waals surface area contributed by atoms with Crippen molar-refractivity contribution in [3.8, 4) is 0 Å². The van der Waals surface area contributed by atoms with Gasteiger partial charge in [-0.2, -0.15) is 0 Å². The minimum absolute atomic E-state index is 0.0945. The number of rotatable bonds is 40. The fraction of sp³-hybridized carbons (Fsp3) is 0.953. The molecule has 0 rings (SSSR count). The Morgan fingerprint density at radius 3 is 1.06 bits per heavy atom. The van der Waals surface area contributed by atoms with E-state index in [1.54, 1.807) is 0 Å². The monoisotopic (exact) mass is 681 g/mol. The summed E-state index contributed by atoms with van der Waals surface area (Å²) in [5, 5.41) is 0. The molecule has 0 aliphatic carbocycles. The van der Waals surface area contributed by atoms with Crippen molar-refractivity contribution >= 4 is 11.9 Å². The van der Waals surface area contributed by atoms with Crippen LogP contribution in [0.15, 0.2) is 0 Å². The molecule has 0 aromatic carbocycles. The molecule has 5 heteroatoms. The van der Waals surface area contributed by atoms with Gasteiger partial charge in [-0.25, -0.2) is 0 Å². The van der Waals surface area contributed by atoms with Gasteiger partial charge < -0.3 is 14.2 Å². The minimum Gasteiger partial charge on any atom is -0.462 e. The highest BCUT2D eigenvalue weighted by Crippen LogP contribution is 2.15. The summed E-state index contributed by atoms with van der Waals surface area (Å²) in [4.78, 5) is 24.9. The predicted octanol–water partition coefficient (Wildman–Crippen LogP) is 13.8. The van der Waals surface area contributed by atoms with Crippen LogP contribution < -0.4 is 0 Å². The molecule has 0 radical (unpaired) electrons. The molecule has 0 amide bonds. The van der Waals surface area contributed by atoms with Crippen molar-refractivity contribution in [2.75, 3.05) is 19.8 Å². The fourth-order valence-electron chi connectivity index (χ4n) is 6.39. The van der Waals surface area contributed by atoms with E-state index in [9.17, 15) is 9.59 Å². The highest BCUT2D eigenvalue weighted by Gasteiger charge is 2.17. The molecule has 1 unspecified atom stereocenters. The third-order valence-electron chi connectivity index (χ3n) is 9.64. The molecule has 0 bridgehead atoms. The topological polar surface area (TPSA) is 61.8 Å². The Balaban J connectivity index is 3.99. The normalized spacial score (nSPS) is 12.0. The van der Waals surface area contributed by atoms with Crippen LogP contribution >= 0.6 is 0 Å². The number of hydrogen-bond donors (Lipinski definition) is 0. The average molecular weight is 681 g/mol. The number of carbonyl (C=O) groups excluding carboxylic acids is 2. The molecule has 48 heavy (non-hydrogen) atoms. The Labute approximate surface area is 300 Å². The first kappa shape index (κ1) is 46.9. The highest BCUT2D eigenvalue weighted by molar-refractivity contribution is 5.70. The summed E-state index contributed by atoms with van der Waals surface area (Å²) < 4.78 is 17.2. The largest absolute Gasteiger partial charge is 0.462 e. The van der Waals surface area contributed by atoms with Gasteiger partial charge in [0.2, 0.25) is 0 Å². The first-order chi connectivity index (χ1) is 23.6. The summed E-state index contributed by atoms with van der Waals surface area (Å²) in [5.41, 5.74) is 0. The van der Waals surface area contributed by atoms with Gasteiger partial charge in [0.1, 0.15) is 6.61 Å². The van der Waals surface area contributed by atoms with Crippen molar-refractivity contribution < 1.29 is 23.8 Å². The maximum Gasteiger partial charge on any atom is 0.306 e. The Kier molecular flexibility index (Phi) is 39.4. The standard InChI is InChI=1S/C43H84O5/c1-4-7-10-13-16-17-18-19-20-21-22-23-24-25-26-29-32-35-38-46-39-41(48-43(45)37-34-31-28-15-12-9-6-3)40-47-42(44)36-33-30-27-14-11-8-5-2/h41H,4-40H2,1-3H3. The Morgan fingerprint density at radius 1 is 0.375 bits per heavy atom. The van der Waals surface area contributed by atoms with Gasteiger partial charge in [0, 0.05) is 19.4 Å². The van der Waals surface area contributed by atoms with Gasteiger partial charge in [0.25, 0.3) is 0 Å². The summed E-state index contributed by atoms with van der Waals surface area (Å²) in [5.74, 6) is -0.395. The number of hydrogen-bond acceptors (Lipinski definition) is 5. The lowest BCUT2D eigenvalue weighted by Gasteiger charge is -2.18. The van der Waals surface area contributed by atoms with Gasteiger partial charge >= 0.3 is 11.9 Å².